The van der Waals surface area contributed by atoms with Gasteiger partial charge in [0.25, 0.3) is 5.91 Å². The van der Waals surface area contributed by atoms with Crippen LogP contribution in [0, 0.1) is 0 Å². The number of aromatic nitrogens is 2. The SMILES string of the molecule is CCOC1CC(N)C1NC(=O)c1nccn1C. The largest absolute Gasteiger partial charge is 0.376 e. The summed E-state index contributed by atoms with van der Waals surface area (Å²) in [5.74, 6) is 0.182. The second-order valence-electron chi connectivity index (χ2n) is 4.25. The van der Waals surface area contributed by atoms with Crippen LogP contribution in [-0.2, 0) is 11.8 Å². The van der Waals surface area contributed by atoms with E-state index in [-0.39, 0.29) is 24.1 Å². The number of nitrogens with two attached hydrogens (primary N) is 1. The molecule has 17 heavy (non-hydrogen) atoms. The van der Waals surface area contributed by atoms with Crippen LogP contribution in [0.3, 0.4) is 0 Å². The van der Waals surface area contributed by atoms with Gasteiger partial charge in [0.2, 0.25) is 0 Å². The third-order valence-corrected chi connectivity index (χ3v) is 3.07. The van der Waals surface area contributed by atoms with E-state index in [0.717, 1.165) is 6.42 Å². The highest BCUT2D eigenvalue weighted by Crippen LogP contribution is 2.22. The summed E-state index contributed by atoms with van der Waals surface area (Å²) in [7, 11) is 1.78. The van der Waals surface area contributed by atoms with E-state index in [2.05, 4.69) is 10.3 Å². The Bertz CT molecular complexity index is 402. The molecule has 1 aromatic heterocycles. The van der Waals surface area contributed by atoms with Gasteiger partial charge in [-0.05, 0) is 13.3 Å². The first-order chi connectivity index (χ1) is 8.13. The molecular weight excluding hydrogens is 220 g/mol. The Morgan fingerprint density at radius 2 is 2.53 bits per heavy atom. The Labute approximate surface area is 100 Å². The first-order valence-corrected chi connectivity index (χ1v) is 5.78. The maximum Gasteiger partial charge on any atom is 0.287 e. The number of amides is 1. The van der Waals surface area contributed by atoms with Crippen molar-refractivity contribution in [3.8, 4) is 0 Å². The van der Waals surface area contributed by atoms with Crippen molar-refractivity contribution in [2.75, 3.05) is 6.61 Å². The highest BCUT2D eigenvalue weighted by atomic mass is 16.5. The number of hydrogen-bond acceptors (Lipinski definition) is 4. The highest BCUT2D eigenvalue weighted by Gasteiger charge is 2.40. The van der Waals surface area contributed by atoms with E-state index in [4.69, 9.17) is 10.5 Å². The number of carbonyl (C=O) groups is 1. The summed E-state index contributed by atoms with van der Waals surface area (Å²) in [6, 6.07) is -0.144. The Kier molecular flexibility index (Phi) is 3.44. The summed E-state index contributed by atoms with van der Waals surface area (Å²) in [5.41, 5.74) is 5.86. The molecule has 1 saturated carbocycles. The average Bonchev–Trinajstić information content (AvgIpc) is 2.72. The van der Waals surface area contributed by atoms with Gasteiger partial charge in [-0.3, -0.25) is 4.79 Å². The van der Waals surface area contributed by atoms with Crippen LogP contribution < -0.4 is 11.1 Å². The lowest BCUT2D eigenvalue weighted by Crippen LogP contribution is -2.64. The Morgan fingerprint density at radius 1 is 1.76 bits per heavy atom. The van der Waals surface area contributed by atoms with E-state index < -0.39 is 0 Å². The van der Waals surface area contributed by atoms with Crippen LogP contribution in [0.25, 0.3) is 0 Å². The number of nitrogens with zero attached hydrogens (tertiary/aromatic N) is 2. The minimum atomic E-state index is -0.206. The number of carbonyl (C=O) groups excluding carboxylic acids is 1. The molecule has 1 amide bonds. The van der Waals surface area contributed by atoms with Crippen molar-refractivity contribution in [3.05, 3.63) is 18.2 Å². The fourth-order valence-electron chi connectivity index (χ4n) is 2.03. The van der Waals surface area contributed by atoms with Crippen LogP contribution in [0.4, 0.5) is 0 Å². The second-order valence-corrected chi connectivity index (χ2v) is 4.25. The number of ether oxygens (including phenoxy) is 1. The monoisotopic (exact) mass is 238 g/mol. The lowest BCUT2D eigenvalue weighted by atomic mass is 9.83. The molecule has 0 radical (unpaired) electrons. The number of aryl methyl sites for hydroxylation is 1. The van der Waals surface area contributed by atoms with Crippen LogP contribution in [-0.4, -0.2) is 40.3 Å². The predicted molar refractivity (Wildman–Crippen MR) is 62.5 cm³/mol. The van der Waals surface area contributed by atoms with E-state index in [1.807, 2.05) is 6.92 Å². The molecule has 0 spiro atoms. The third kappa shape index (κ3) is 2.32. The topological polar surface area (TPSA) is 82.2 Å². The molecule has 1 aliphatic rings. The molecule has 0 aromatic carbocycles. The van der Waals surface area contributed by atoms with Gasteiger partial charge < -0.3 is 20.4 Å². The molecule has 0 aliphatic heterocycles. The maximum atomic E-state index is 11.9. The molecule has 1 aliphatic carbocycles. The Balaban J connectivity index is 1.97. The van der Waals surface area contributed by atoms with E-state index in [1.54, 1.807) is 24.0 Å². The van der Waals surface area contributed by atoms with E-state index in [0.29, 0.717) is 12.4 Å². The second kappa shape index (κ2) is 4.85. The van der Waals surface area contributed by atoms with Crippen molar-refractivity contribution in [1.82, 2.24) is 14.9 Å². The minimum Gasteiger partial charge on any atom is -0.376 e. The molecule has 0 bridgehead atoms. The minimum absolute atomic E-state index is 0.0271. The Morgan fingerprint density at radius 3 is 3.06 bits per heavy atom. The highest BCUT2D eigenvalue weighted by molar-refractivity contribution is 5.91. The third-order valence-electron chi connectivity index (χ3n) is 3.07. The molecule has 94 valence electrons. The summed E-state index contributed by atoms with van der Waals surface area (Å²) in [5, 5.41) is 2.87. The molecule has 0 saturated heterocycles. The van der Waals surface area contributed by atoms with Crippen molar-refractivity contribution in [1.29, 1.82) is 0 Å². The molecule has 1 fully saturated rings. The fourth-order valence-corrected chi connectivity index (χ4v) is 2.03. The zero-order valence-corrected chi connectivity index (χ0v) is 10.1. The maximum absolute atomic E-state index is 11.9. The molecule has 3 atom stereocenters. The smallest absolute Gasteiger partial charge is 0.287 e. The first-order valence-electron chi connectivity index (χ1n) is 5.78. The number of nitrogens with one attached hydrogen (secondary N) is 1. The summed E-state index contributed by atoms with van der Waals surface area (Å²) in [6.45, 7) is 2.56. The Hall–Kier alpha value is -1.40. The fraction of sp³-hybridized carbons (Fsp3) is 0.636. The molecule has 3 unspecified atom stereocenters. The van der Waals surface area contributed by atoms with Gasteiger partial charge in [-0.1, -0.05) is 0 Å². The summed E-state index contributed by atoms with van der Waals surface area (Å²) in [4.78, 5) is 15.9. The number of imidazole rings is 1. The normalized spacial score (nSPS) is 27.6. The van der Waals surface area contributed by atoms with Gasteiger partial charge in [0.05, 0.1) is 12.1 Å². The zero-order chi connectivity index (χ0) is 12.4. The molecular formula is C11H18N4O2. The molecule has 6 heteroatoms. The van der Waals surface area contributed by atoms with E-state index in [9.17, 15) is 4.79 Å². The van der Waals surface area contributed by atoms with Gasteiger partial charge in [-0.25, -0.2) is 4.98 Å². The quantitative estimate of drug-likeness (QED) is 0.751. The zero-order valence-electron chi connectivity index (χ0n) is 10.1. The van der Waals surface area contributed by atoms with Crippen molar-refractivity contribution in [2.45, 2.75) is 31.5 Å². The van der Waals surface area contributed by atoms with Gasteiger partial charge in [0.1, 0.15) is 0 Å². The van der Waals surface area contributed by atoms with Crippen LogP contribution in [0.2, 0.25) is 0 Å². The predicted octanol–water partition coefficient (Wildman–Crippen LogP) is -0.345. The molecule has 2 rings (SSSR count). The van der Waals surface area contributed by atoms with E-state index in [1.165, 1.54) is 0 Å². The number of rotatable bonds is 4. The lowest BCUT2D eigenvalue weighted by molar-refractivity contribution is -0.0301. The number of hydrogen-bond donors (Lipinski definition) is 2. The van der Waals surface area contributed by atoms with Crippen molar-refractivity contribution < 1.29 is 9.53 Å². The summed E-state index contributed by atoms with van der Waals surface area (Å²) in [6.07, 6.45) is 4.14. The van der Waals surface area contributed by atoms with E-state index >= 15 is 0 Å². The van der Waals surface area contributed by atoms with Gasteiger partial charge in [-0.15, -0.1) is 0 Å². The lowest BCUT2D eigenvalue weighted by Gasteiger charge is -2.42. The van der Waals surface area contributed by atoms with Crippen LogP contribution >= 0.6 is 0 Å². The summed E-state index contributed by atoms with van der Waals surface area (Å²) < 4.78 is 7.16. The molecule has 3 N–H and O–H groups in total. The van der Waals surface area contributed by atoms with Crippen molar-refractivity contribution in [2.24, 2.45) is 12.8 Å². The van der Waals surface area contributed by atoms with Gasteiger partial charge >= 0.3 is 0 Å². The van der Waals surface area contributed by atoms with Gasteiger partial charge in [-0.2, -0.15) is 0 Å². The van der Waals surface area contributed by atoms with Crippen LogP contribution in [0.1, 0.15) is 24.0 Å². The first kappa shape index (κ1) is 12.1. The van der Waals surface area contributed by atoms with Crippen LogP contribution in [0.5, 0.6) is 0 Å². The van der Waals surface area contributed by atoms with Gasteiger partial charge in [0, 0.05) is 32.1 Å². The standard InChI is InChI=1S/C11H18N4O2/c1-3-17-8-6-7(12)9(8)14-11(16)10-13-4-5-15(10)2/h4-5,7-9H,3,6,12H2,1-2H3,(H,14,16). The van der Waals surface area contributed by atoms with Crippen molar-refractivity contribution >= 4 is 5.91 Å². The summed E-state index contributed by atoms with van der Waals surface area (Å²) >= 11 is 0. The van der Waals surface area contributed by atoms with Crippen LogP contribution in [0.15, 0.2) is 12.4 Å². The average molecular weight is 238 g/mol. The van der Waals surface area contributed by atoms with Crippen molar-refractivity contribution in [3.63, 3.8) is 0 Å². The molecule has 1 aromatic rings. The molecule has 1 heterocycles. The molecule has 6 nitrogen and oxygen atoms in total. The van der Waals surface area contributed by atoms with Gasteiger partial charge in [0.15, 0.2) is 5.82 Å².